The van der Waals surface area contributed by atoms with Gasteiger partial charge in [0.1, 0.15) is 0 Å². The minimum Gasteiger partial charge on any atom is -0.396 e. The summed E-state index contributed by atoms with van der Waals surface area (Å²) >= 11 is 6.81. The molecule has 0 radical (unpaired) electrons. The summed E-state index contributed by atoms with van der Waals surface area (Å²) in [5, 5.41) is 12.0. The van der Waals surface area contributed by atoms with E-state index in [0.29, 0.717) is 11.0 Å². The van der Waals surface area contributed by atoms with Crippen LogP contribution in [0.5, 0.6) is 0 Å². The van der Waals surface area contributed by atoms with E-state index in [2.05, 4.69) is 14.1 Å². The van der Waals surface area contributed by atoms with Gasteiger partial charge in [0.2, 0.25) is 0 Å². The minimum absolute atomic E-state index is 0.263. The molecule has 4 nitrogen and oxygen atoms in total. The number of anilines is 1. The first kappa shape index (κ1) is 10.7. The van der Waals surface area contributed by atoms with Crippen molar-refractivity contribution < 1.29 is 5.11 Å². The highest BCUT2D eigenvalue weighted by atomic mass is 35.5. The first-order valence-corrected chi connectivity index (χ1v) is 5.28. The van der Waals surface area contributed by atoms with Gasteiger partial charge in [-0.1, -0.05) is 11.6 Å². The molecule has 0 atom stereocenters. The smallest absolute Gasteiger partial charge is 0.186 e. The Morgan fingerprint density at radius 3 is 2.77 bits per heavy atom. The standard InChI is InChI=1S/C7H12ClN3OS/c8-6-7(11-13-10-6)9-4-2-1-3-5-12/h12H,1-5H2,(H,9,11). The molecule has 0 aliphatic carbocycles. The molecule has 2 N–H and O–H groups in total. The molecule has 0 amide bonds. The van der Waals surface area contributed by atoms with Crippen molar-refractivity contribution in [3.8, 4) is 0 Å². The Hall–Kier alpha value is -0.390. The molecule has 1 rings (SSSR count). The monoisotopic (exact) mass is 221 g/mol. The third-order valence-corrected chi connectivity index (χ3v) is 2.47. The number of aliphatic hydroxyl groups is 1. The third-order valence-electron chi connectivity index (χ3n) is 1.58. The summed E-state index contributed by atoms with van der Waals surface area (Å²) in [6.07, 6.45) is 2.87. The summed E-state index contributed by atoms with van der Waals surface area (Å²) in [4.78, 5) is 0. The second-order valence-electron chi connectivity index (χ2n) is 2.61. The molecule has 1 aromatic heterocycles. The van der Waals surface area contributed by atoms with Gasteiger partial charge in [-0.3, -0.25) is 0 Å². The molecule has 0 aliphatic rings. The highest BCUT2D eigenvalue weighted by Gasteiger charge is 2.02. The van der Waals surface area contributed by atoms with Crippen LogP contribution in [0.3, 0.4) is 0 Å². The van der Waals surface area contributed by atoms with E-state index in [9.17, 15) is 0 Å². The molecule has 0 aromatic carbocycles. The third kappa shape index (κ3) is 3.89. The van der Waals surface area contributed by atoms with E-state index in [0.717, 1.165) is 37.5 Å². The van der Waals surface area contributed by atoms with Gasteiger partial charge in [-0.2, -0.15) is 8.75 Å². The van der Waals surface area contributed by atoms with Gasteiger partial charge in [-0.05, 0) is 19.3 Å². The highest BCUT2D eigenvalue weighted by molar-refractivity contribution is 6.99. The van der Waals surface area contributed by atoms with Crippen molar-refractivity contribution >= 4 is 29.1 Å². The molecule has 1 heterocycles. The van der Waals surface area contributed by atoms with Crippen LogP contribution < -0.4 is 5.32 Å². The lowest BCUT2D eigenvalue weighted by Crippen LogP contribution is -2.02. The predicted molar refractivity (Wildman–Crippen MR) is 54.3 cm³/mol. The molecule has 0 unspecified atom stereocenters. The van der Waals surface area contributed by atoms with Gasteiger partial charge in [0.05, 0.1) is 11.7 Å². The fraction of sp³-hybridized carbons (Fsp3) is 0.714. The second kappa shape index (κ2) is 6.12. The lowest BCUT2D eigenvalue weighted by Gasteiger charge is -2.01. The van der Waals surface area contributed by atoms with Crippen LogP contribution in [-0.4, -0.2) is 27.0 Å². The van der Waals surface area contributed by atoms with Gasteiger partial charge < -0.3 is 10.4 Å². The Morgan fingerprint density at radius 1 is 1.31 bits per heavy atom. The largest absolute Gasteiger partial charge is 0.396 e. The van der Waals surface area contributed by atoms with Crippen LogP contribution >= 0.6 is 23.3 Å². The topological polar surface area (TPSA) is 58.0 Å². The molecule has 0 aliphatic heterocycles. The van der Waals surface area contributed by atoms with Crippen molar-refractivity contribution in [2.75, 3.05) is 18.5 Å². The van der Waals surface area contributed by atoms with Crippen LogP contribution in [0.25, 0.3) is 0 Å². The average Bonchev–Trinajstić information content (AvgIpc) is 2.52. The van der Waals surface area contributed by atoms with Crippen LogP contribution in [0.4, 0.5) is 5.82 Å². The molecule has 0 spiro atoms. The first-order chi connectivity index (χ1) is 6.34. The molecular formula is C7H12ClN3OS. The summed E-state index contributed by atoms with van der Waals surface area (Å²) in [6, 6.07) is 0. The Bertz CT molecular complexity index is 243. The molecule has 1 aromatic rings. The maximum absolute atomic E-state index is 8.53. The molecular weight excluding hydrogens is 210 g/mol. The van der Waals surface area contributed by atoms with E-state index in [1.54, 1.807) is 0 Å². The van der Waals surface area contributed by atoms with Crippen molar-refractivity contribution in [3.63, 3.8) is 0 Å². The lowest BCUT2D eigenvalue weighted by atomic mass is 10.2. The molecule has 0 saturated carbocycles. The zero-order valence-corrected chi connectivity index (χ0v) is 8.74. The summed E-state index contributed by atoms with van der Waals surface area (Å²) in [6.45, 7) is 1.09. The van der Waals surface area contributed by atoms with Crippen LogP contribution in [0, 0.1) is 0 Å². The van der Waals surface area contributed by atoms with E-state index < -0.39 is 0 Å². The normalized spacial score (nSPS) is 10.3. The van der Waals surface area contributed by atoms with Gasteiger partial charge in [-0.15, -0.1) is 0 Å². The Kier molecular flexibility index (Phi) is 5.03. The summed E-state index contributed by atoms with van der Waals surface area (Å²) in [5.74, 6) is 0.663. The van der Waals surface area contributed by atoms with Crippen LogP contribution in [-0.2, 0) is 0 Å². The molecule has 6 heteroatoms. The van der Waals surface area contributed by atoms with Crippen LogP contribution in [0.1, 0.15) is 19.3 Å². The SMILES string of the molecule is OCCCCCNc1nsnc1Cl. The van der Waals surface area contributed by atoms with Gasteiger partial charge in [0.15, 0.2) is 11.0 Å². The number of nitrogens with one attached hydrogen (secondary N) is 1. The van der Waals surface area contributed by atoms with Gasteiger partial charge in [0, 0.05) is 13.2 Å². The van der Waals surface area contributed by atoms with Crippen molar-refractivity contribution in [1.82, 2.24) is 8.75 Å². The van der Waals surface area contributed by atoms with Crippen molar-refractivity contribution in [2.45, 2.75) is 19.3 Å². The number of halogens is 1. The van der Waals surface area contributed by atoms with E-state index in [1.807, 2.05) is 0 Å². The second-order valence-corrected chi connectivity index (χ2v) is 3.50. The summed E-state index contributed by atoms with van der Waals surface area (Å²) in [7, 11) is 0. The fourth-order valence-corrected chi connectivity index (χ4v) is 1.59. The first-order valence-electron chi connectivity index (χ1n) is 4.17. The number of hydrogen-bond acceptors (Lipinski definition) is 5. The van der Waals surface area contributed by atoms with Gasteiger partial charge >= 0.3 is 0 Å². The minimum atomic E-state index is 0.263. The van der Waals surface area contributed by atoms with Crippen molar-refractivity contribution in [1.29, 1.82) is 0 Å². The Morgan fingerprint density at radius 2 is 2.15 bits per heavy atom. The highest BCUT2D eigenvalue weighted by Crippen LogP contribution is 2.17. The number of aromatic nitrogens is 2. The van der Waals surface area contributed by atoms with Crippen LogP contribution in [0.15, 0.2) is 0 Å². The summed E-state index contributed by atoms with van der Waals surface area (Å²) in [5.41, 5.74) is 0. The maximum Gasteiger partial charge on any atom is 0.186 e. The van der Waals surface area contributed by atoms with Crippen LogP contribution in [0.2, 0.25) is 5.15 Å². The Labute approximate surface area is 86.3 Å². The number of aliphatic hydroxyl groups excluding tert-OH is 1. The fourth-order valence-electron chi connectivity index (χ4n) is 0.904. The van der Waals surface area contributed by atoms with E-state index in [4.69, 9.17) is 16.7 Å². The molecule has 0 fully saturated rings. The van der Waals surface area contributed by atoms with E-state index in [-0.39, 0.29) is 6.61 Å². The number of hydrogen-bond donors (Lipinski definition) is 2. The zero-order chi connectivity index (χ0) is 9.52. The quantitative estimate of drug-likeness (QED) is 0.719. The summed E-state index contributed by atoms with van der Waals surface area (Å²) < 4.78 is 7.80. The molecule has 13 heavy (non-hydrogen) atoms. The number of rotatable bonds is 6. The van der Waals surface area contributed by atoms with Gasteiger partial charge in [-0.25, -0.2) is 0 Å². The number of unbranched alkanes of at least 4 members (excludes halogenated alkanes) is 2. The van der Waals surface area contributed by atoms with E-state index in [1.165, 1.54) is 0 Å². The maximum atomic E-state index is 8.53. The molecule has 0 bridgehead atoms. The van der Waals surface area contributed by atoms with Crippen molar-refractivity contribution in [3.05, 3.63) is 5.15 Å². The predicted octanol–water partition coefficient (Wildman–Crippen LogP) is 1.77. The number of nitrogens with zero attached hydrogens (tertiary/aromatic N) is 2. The van der Waals surface area contributed by atoms with Crippen molar-refractivity contribution in [2.24, 2.45) is 0 Å². The Balaban J connectivity index is 2.10. The zero-order valence-electron chi connectivity index (χ0n) is 7.16. The molecule has 0 saturated heterocycles. The lowest BCUT2D eigenvalue weighted by molar-refractivity contribution is 0.283. The van der Waals surface area contributed by atoms with Gasteiger partial charge in [0.25, 0.3) is 0 Å². The average molecular weight is 222 g/mol. The molecule has 74 valence electrons. The van der Waals surface area contributed by atoms with E-state index >= 15 is 0 Å².